The van der Waals surface area contributed by atoms with Gasteiger partial charge in [0.05, 0.1) is 29.8 Å². The number of aliphatic hydroxyl groups excluding tert-OH is 2. The van der Waals surface area contributed by atoms with Crippen molar-refractivity contribution in [1.29, 1.82) is 0 Å². The fraction of sp³-hybridized carbons (Fsp3) is 0.348. The molecule has 7 N–H and O–H groups in total. The van der Waals surface area contributed by atoms with Crippen molar-refractivity contribution >= 4 is 35.1 Å². The number of primary amides is 1. The van der Waals surface area contributed by atoms with Crippen LogP contribution in [0.25, 0.3) is 11.6 Å². The number of fused-ring (bicyclic) bond motifs is 1. The summed E-state index contributed by atoms with van der Waals surface area (Å²) < 4.78 is 13.7. The second kappa shape index (κ2) is 9.97. The van der Waals surface area contributed by atoms with E-state index in [0.717, 1.165) is 0 Å². The van der Waals surface area contributed by atoms with Gasteiger partial charge in [0.1, 0.15) is 5.82 Å². The number of aryl methyl sites for hydroxylation is 1. The van der Waals surface area contributed by atoms with Crippen molar-refractivity contribution in [3.05, 3.63) is 52.1 Å². The number of amides is 3. The summed E-state index contributed by atoms with van der Waals surface area (Å²) in [5.74, 6) is -1.84. The van der Waals surface area contributed by atoms with Gasteiger partial charge in [-0.05, 0) is 56.5 Å². The third kappa shape index (κ3) is 5.65. The second-order valence-electron chi connectivity index (χ2n) is 8.12. The van der Waals surface area contributed by atoms with Crippen LogP contribution in [-0.4, -0.2) is 51.7 Å². The van der Waals surface area contributed by atoms with Gasteiger partial charge in [-0.15, -0.1) is 0 Å². The highest BCUT2D eigenvalue weighted by Gasteiger charge is 2.26. The number of rotatable bonds is 9. The molecule has 0 aliphatic carbocycles. The van der Waals surface area contributed by atoms with Crippen LogP contribution in [0.4, 0.5) is 10.1 Å². The number of carbonyl (C=O) groups is 3. The molecule has 0 spiro atoms. The molecule has 176 valence electrons. The van der Waals surface area contributed by atoms with Crippen LogP contribution >= 0.6 is 0 Å². The number of hydrogen-bond donors (Lipinski definition) is 6. The molecule has 0 saturated carbocycles. The Morgan fingerprint density at radius 2 is 1.97 bits per heavy atom. The number of H-pyrrole nitrogens is 1. The maximum atomic E-state index is 13.7. The number of halogens is 1. The summed E-state index contributed by atoms with van der Waals surface area (Å²) in [5.41, 5.74) is 8.43. The lowest BCUT2D eigenvalue weighted by Gasteiger charge is -2.15. The van der Waals surface area contributed by atoms with Gasteiger partial charge < -0.3 is 31.6 Å². The maximum absolute atomic E-state index is 13.7. The molecule has 10 heteroatoms. The number of aliphatic hydroxyl groups is 2. The van der Waals surface area contributed by atoms with Crippen molar-refractivity contribution in [3.63, 3.8) is 0 Å². The first-order valence-corrected chi connectivity index (χ1v) is 10.5. The first-order chi connectivity index (χ1) is 15.6. The van der Waals surface area contributed by atoms with Crippen LogP contribution in [0.1, 0.15) is 52.1 Å². The Balaban J connectivity index is 1.68. The number of aromatic amines is 1. The SMILES string of the molecule is Cc1[nH]c(C=C2C(=O)Nc3ccc(F)cc32)c(C)c1C(=O)NCC[C@@H](O)C[C@@H](O)CC(N)=O. The van der Waals surface area contributed by atoms with Gasteiger partial charge in [-0.25, -0.2) is 4.39 Å². The van der Waals surface area contributed by atoms with Crippen molar-refractivity contribution < 1.29 is 29.0 Å². The van der Waals surface area contributed by atoms with Crippen molar-refractivity contribution in [2.75, 3.05) is 11.9 Å². The standard InChI is InChI=1S/C23H27FN4O5/c1-11-19(10-17-16-7-13(24)3-4-18(16)28-22(17)32)27-12(2)21(11)23(33)26-6-5-14(29)8-15(30)9-20(25)31/h3-4,7,10,14-15,27,29-30H,5-6,8-9H2,1-2H3,(H2,25,31)(H,26,33)(H,28,32)/t14-,15-/m1/s1. The lowest BCUT2D eigenvalue weighted by atomic mass is 10.0. The molecule has 33 heavy (non-hydrogen) atoms. The number of nitrogens with two attached hydrogens (primary N) is 1. The van der Waals surface area contributed by atoms with Gasteiger partial charge in [-0.2, -0.15) is 0 Å². The molecule has 1 aliphatic heterocycles. The summed E-state index contributed by atoms with van der Waals surface area (Å²) in [7, 11) is 0. The van der Waals surface area contributed by atoms with Gasteiger partial charge in [-0.1, -0.05) is 0 Å². The Morgan fingerprint density at radius 3 is 2.67 bits per heavy atom. The summed E-state index contributed by atoms with van der Waals surface area (Å²) >= 11 is 0. The van der Waals surface area contributed by atoms with E-state index in [1.165, 1.54) is 18.2 Å². The predicted molar refractivity (Wildman–Crippen MR) is 121 cm³/mol. The van der Waals surface area contributed by atoms with Gasteiger partial charge in [0, 0.05) is 29.2 Å². The highest BCUT2D eigenvalue weighted by Crippen LogP contribution is 2.34. The molecule has 2 aromatic rings. The molecule has 2 atom stereocenters. The van der Waals surface area contributed by atoms with Gasteiger partial charge in [0.25, 0.3) is 11.8 Å². The molecule has 0 unspecified atom stereocenters. The minimum Gasteiger partial charge on any atom is -0.393 e. The summed E-state index contributed by atoms with van der Waals surface area (Å²) in [4.78, 5) is 39.0. The minimum absolute atomic E-state index is 0.0249. The predicted octanol–water partition coefficient (Wildman–Crippen LogP) is 1.37. The van der Waals surface area contributed by atoms with Crippen LogP contribution in [0.3, 0.4) is 0 Å². The summed E-state index contributed by atoms with van der Waals surface area (Å²) in [6, 6.07) is 4.05. The van der Waals surface area contributed by atoms with Gasteiger partial charge in [-0.3, -0.25) is 14.4 Å². The maximum Gasteiger partial charge on any atom is 0.256 e. The van der Waals surface area contributed by atoms with E-state index in [0.29, 0.717) is 39.3 Å². The number of hydrogen-bond acceptors (Lipinski definition) is 5. The lowest BCUT2D eigenvalue weighted by molar-refractivity contribution is -0.120. The zero-order chi connectivity index (χ0) is 24.3. The number of carbonyl (C=O) groups excluding carboxylic acids is 3. The van der Waals surface area contributed by atoms with E-state index < -0.39 is 23.9 Å². The van der Waals surface area contributed by atoms with Crippen LogP contribution in [-0.2, 0) is 9.59 Å². The molecular formula is C23H27FN4O5. The van der Waals surface area contributed by atoms with Crippen molar-refractivity contribution in [3.8, 4) is 0 Å². The van der Waals surface area contributed by atoms with E-state index in [2.05, 4.69) is 15.6 Å². The lowest BCUT2D eigenvalue weighted by Crippen LogP contribution is -2.30. The first kappa shape index (κ1) is 24.1. The Morgan fingerprint density at radius 1 is 1.24 bits per heavy atom. The fourth-order valence-electron chi connectivity index (χ4n) is 3.90. The molecule has 1 aliphatic rings. The fourth-order valence-corrected chi connectivity index (χ4v) is 3.90. The Kier molecular flexibility index (Phi) is 7.29. The van der Waals surface area contributed by atoms with E-state index in [9.17, 15) is 29.0 Å². The molecule has 0 saturated heterocycles. The third-order valence-electron chi connectivity index (χ3n) is 5.50. The van der Waals surface area contributed by atoms with Gasteiger partial charge in [0.15, 0.2) is 0 Å². The molecule has 9 nitrogen and oxygen atoms in total. The van der Waals surface area contributed by atoms with Crippen LogP contribution in [0, 0.1) is 19.7 Å². The Hall–Kier alpha value is -3.50. The van der Waals surface area contributed by atoms with Gasteiger partial charge >= 0.3 is 0 Å². The quantitative estimate of drug-likeness (QED) is 0.313. The minimum atomic E-state index is -1.04. The van der Waals surface area contributed by atoms with Crippen LogP contribution in [0.15, 0.2) is 18.2 Å². The largest absolute Gasteiger partial charge is 0.393 e. The number of anilines is 1. The molecular weight excluding hydrogens is 431 g/mol. The Bertz CT molecular complexity index is 1120. The molecule has 3 amide bonds. The van der Waals surface area contributed by atoms with E-state index in [4.69, 9.17) is 5.73 Å². The van der Waals surface area contributed by atoms with E-state index in [-0.39, 0.29) is 37.6 Å². The first-order valence-electron chi connectivity index (χ1n) is 10.5. The number of nitrogens with one attached hydrogen (secondary N) is 3. The highest BCUT2D eigenvalue weighted by atomic mass is 19.1. The van der Waals surface area contributed by atoms with Crippen LogP contribution in [0.2, 0.25) is 0 Å². The van der Waals surface area contributed by atoms with Crippen molar-refractivity contribution in [1.82, 2.24) is 10.3 Å². The smallest absolute Gasteiger partial charge is 0.256 e. The molecule has 0 fully saturated rings. The summed E-state index contributed by atoms with van der Waals surface area (Å²) in [6.45, 7) is 3.61. The zero-order valence-electron chi connectivity index (χ0n) is 18.4. The van der Waals surface area contributed by atoms with Crippen molar-refractivity contribution in [2.24, 2.45) is 5.73 Å². The molecule has 2 heterocycles. The monoisotopic (exact) mass is 458 g/mol. The summed E-state index contributed by atoms with van der Waals surface area (Å²) in [5, 5.41) is 25.0. The van der Waals surface area contributed by atoms with E-state index >= 15 is 0 Å². The van der Waals surface area contributed by atoms with Gasteiger partial charge in [0.2, 0.25) is 5.91 Å². The molecule has 3 rings (SSSR count). The van der Waals surface area contributed by atoms with Crippen LogP contribution < -0.4 is 16.4 Å². The average Bonchev–Trinajstić information content (AvgIpc) is 3.16. The molecule has 0 bridgehead atoms. The van der Waals surface area contributed by atoms with E-state index in [1.807, 2.05) is 0 Å². The third-order valence-corrected chi connectivity index (χ3v) is 5.50. The number of benzene rings is 1. The molecule has 1 aromatic heterocycles. The van der Waals surface area contributed by atoms with Crippen LogP contribution in [0.5, 0.6) is 0 Å². The molecule has 1 aromatic carbocycles. The highest BCUT2D eigenvalue weighted by molar-refractivity contribution is 6.34. The molecule has 0 radical (unpaired) electrons. The van der Waals surface area contributed by atoms with Crippen molar-refractivity contribution in [2.45, 2.75) is 45.3 Å². The Labute approximate surface area is 189 Å². The topological polar surface area (TPSA) is 158 Å². The number of aromatic nitrogens is 1. The van der Waals surface area contributed by atoms with E-state index in [1.54, 1.807) is 19.9 Å². The second-order valence-corrected chi connectivity index (χ2v) is 8.12. The normalized spacial score (nSPS) is 15.8. The average molecular weight is 458 g/mol. The zero-order valence-corrected chi connectivity index (χ0v) is 18.4. The summed E-state index contributed by atoms with van der Waals surface area (Å²) in [6.07, 6.45) is -0.437.